The zero-order valence-electron chi connectivity index (χ0n) is 11.1. The molecule has 1 saturated carbocycles. The lowest BCUT2D eigenvalue weighted by Gasteiger charge is -2.20. The average molecular weight is 298 g/mol. The molecule has 0 unspecified atom stereocenters. The molecule has 4 nitrogen and oxygen atoms in total. The predicted octanol–water partition coefficient (Wildman–Crippen LogP) is 1.80. The highest BCUT2D eigenvalue weighted by atomic mass is 32.2. The molecular weight excluding hydrogens is 280 g/mol. The Morgan fingerprint density at radius 3 is 2.53 bits per heavy atom. The molecule has 0 bridgehead atoms. The number of nitrogens with two attached hydrogens (primary N) is 1. The molecule has 0 aromatic heterocycles. The van der Waals surface area contributed by atoms with Crippen molar-refractivity contribution in [1.82, 2.24) is 4.31 Å². The van der Waals surface area contributed by atoms with Crippen molar-refractivity contribution < 1.29 is 8.42 Å². The number of sulfonamides is 1. The number of hydrogen-bond donors (Lipinski definition) is 1. The topological polar surface area (TPSA) is 63.4 Å². The summed E-state index contributed by atoms with van der Waals surface area (Å²) in [6, 6.07) is 5.09. The fraction of sp³-hybridized carbons (Fsp3) is 0.462. The lowest BCUT2D eigenvalue weighted by atomic mass is 10.1. The van der Waals surface area contributed by atoms with E-state index in [9.17, 15) is 8.42 Å². The third-order valence-corrected chi connectivity index (χ3v) is 5.58. The maximum atomic E-state index is 12.5. The molecule has 19 heavy (non-hydrogen) atoms. The summed E-state index contributed by atoms with van der Waals surface area (Å²) < 4.78 is 26.7. The van der Waals surface area contributed by atoms with E-state index in [0.29, 0.717) is 11.4 Å². The zero-order valence-corrected chi connectivity index (χ0v) is 12.7. The van der Waals surface area contributed by atoms with E-state index in [2.05, 4.69) is 0 Å². The van der Waals surface area contributed by atoms with Crippen LogP contribution in [0, 0.1) is 6.92 Å². The summed E-state index contributed by atoms with van der Waals surface area (Å²) in [5.41, 5.74) is 7.11. The molecule has 6 heteroatoms. The van der Waals surface area contributed by atoms with E-state index >= 15 is 0 Å². The molecule has 2 rings (SSSR count). The molecule has 0 aliphatic heterocycles. The third-order valence-electron chi connectivity index (χ3n) is 3.34. The van der Waals surface area contributed by atoms with E-state index in [1.54, 1.807) is 22.5 Å². The Morgan fingerprint density at radius 1 is 1.47 bits per heavy atom. The minimum absolute atomic E-state index is 0.172. The van der Waals surface area contributed by atoms with Crippen molar-refractivity contribution in [2.24, 2.45) is 5.73 Å². The van der Waals surface area contributed by atoms with Gasteiger partial charge in [0.2, 0.25) is 10.0 Å². The van der Waals surface area contributed by atoms with Crippen LogP contribution in [0.3, 0.4) is 0 Å². The molecule has 0 saturated heterocycles. The van der Waals surface area contributed by atoms with E-state index in [1.807, 2.05) is 13.8 Å². The molecule has 0 amide bonds. The number of nitrogens with zero attached hydrogens (tertiary/aromatic N) is 1. The molecule has 0 spiro atoms. The van der Waals surface area contributed by atoms with Gasteiger partial charge in [-0.3, -0.25) is 0 Å². The van der Waals surface area contributed by atoms with Gasteiger partial charge in [-0.25, -0.2) is 8.42 Å². The number of aryl methyl sites for hydroxylation is 1. The summed E-state index contributed by atoms with van der Waals surface area (Å²) in [7, 11) is -3.40. The smallest absolute Gasteiger partial charge is 0.243 e. The number of rotatable bonds is 5. The fourth-order valence-corrected chi connectivity index (χ4v) is 4.20. The highest BCUT2D eigenvalue weighted by Gasteiger charge is 2.36. The maximum Gasteiger partial charge on any atom is 0.243 e. The van der Waals surface area contributed by atoms with E-state index in [0.717, 1.165) is 24.0 Å². The van der Waals surface area contributed by atoms with Crippen LogP contribution in [-0.4, -0.2) is 30.3 Å². The van der Waals surface area contributed by atoms with Gasteiger partial charge in [0.25, 0.3) is 0 Å². The summed E-state index contributed by atoms with van der Waals surface area (Å²) in [5, 5.41) is 0. The molecule has 104 valence electrons. The van der Waals surface area contributed by atoms with Gasteiger partial charge in [0.1, 0.15) is 4.99 Å². The van der Waals surface area contributed by atoms with Gasteiger partial charge < -0.3 is 5.73 Å². The molecule has 0 heterocycles. The van der Waals surface area contributed by atoms with Crippen molar-refractivity contribution in [3.8, 4) is 0 Å². The zero-order chi connectivity index (χ0) is 14.2. The first-order chi connectivity index (χ1) is 8.87. The Morgan fingerprint density at radius 2 is 2.11 bits per heavy atom. The maximum absolute atomic E-state index is 12.5. The largest absolute Gasteiger partial charge is 0.389 e. The second-order valence-electron chi connectivity index (χ2n) is 4.78. The van der Waals surface area contributed by atoms with Crippen LogP contribution >= 0.6 is 12.2 Å². The molecule has 0 atom stereocenters. The van der Waals surface area contributed by atoms with E-state index in [1.165, 1.54) is 0 Å². The van der Waals surface area contributed by atoms with Crippen molar-refractivity contribution >= 4 is 27.2 Å². The van der Waals surface area contributed by atoms with Gasteiger partial charge in [-0.2, -0.15) is 4.31 Å². The first kappa shape index (κ1) is 14.4. The first-order valence-corrected chi connectivity index (χ1v) is 8.15. The minimum Gasteiger partial charge on any atom is -0.389 e. The molecule has 1 aliphatic carbocycles. The Hall–Kier alpha value is -0.980. The Kier molecular flexibility index (Phi) is 3.94. The fourth-order valence-electron chi connectivity index (χ4n) is 2.20. The summed E-state index contributed by atoms with van der Waals surface area (Å²) in [6.07, 6.45) is 1.91. The minimum atomic E-state index is -3.40. The average Bonchev–Trinajstić information content (AvgIpc) is 3.13. The van der Waals surface area contributed by atoms with Gasteiger partial charge in [-0.05, 0) is 37.5 Å². The number of benzene rings is 1. The van der Waals surface area contributed by atoms with Crippen molar-refractivity contribution in [2.45, 2.75) is 37.6 Å². The van der Waals surface area contributed by atoms with E-state index in [-0.39, 0.29) is 11.0 Å². The van der Waals surface area contributed by atoms with Crippen LogP contribution in [0.2, 0.25) is 0 Å². The van der Waals surface area contributed by atoms with Crippen molar-refractivity contribution in [1.29, 1.82) is 0 Å². The number of thiocarbonyl (C=S) groups is 1. The van der Waals surface area contributed by atoms with Gasteiger partial charge in [-0.1, -0.05) is 25.2 Å². The SMILES string of the molecule is CCN(C1CC1)S(=O)(=O)c1ccc(C(N)=S)c(C)c1. The van der Waals surface area contributed by atoms with Crippen LogP contribution in [0.15, 0.2) is 23.1 Å². The summed E-state index contributed by atoms with van der Waals surface area (Å²) in [5.74, 6) is 0. The predicted molar refractivity (Wildman–Crippen MR) is 79.7 cm³/mol. The highest BCUT2D eigenvalue weighted by molar-refractivity contribution is 7.89. The summed E-state index contributed by atoms with van der Waals surface area (Å²) >= 11 is 4.93. The molecule has 1 aromatic rings. The van der Waals surface area contributed by atoms with Gasteiger partial charge in [0.05, 0.1) is 4.90 Å². The van der Waals surface area contributed by atoms with Crippen LogP contribution in [-0.2, 0) is 10.0 Å². The monoisotopic (exact) mass is 298 g/mol. The van der Waals surface area contributed by atoms with Crippen LogP contribution in [0.1, 0.15) is 30.9 Å². The van der Waals surface area contributed by atoms with Crippen molar-refractivity contribution in [2.75, 3.05) is 6.54 Å². The standard InChI is InChI=1S/C13H18N2O2S2/c1-3-15(10-4-5-10)19(16,17)11-6-7-12(13(14)18)9(2)8-11/h6-8,10H,3-5H2,1-2H3,(H2,14,18). The Balaban J connectivity index is 2.40. The van der Waals surface area contributed by atoms with Crippen LogP contribution in [0.5, 0.6) is 0 Å². The summed E-state index contributed by atoms with van der Waals surface area (Å²) in [4.78, 5) is 0.606. The normalized spacial score (nSPS) is 15.7. The third kappa shape index (κ3) is 2.80. The molecule has 1 aliphatic rings. The molecule has 1 aromatic carbocycles. The van der Waals surface area contributed by atoms with Gasteiger partial charge in [0.15, 0.2) is 0 Å². The van der Waals surface area contributed by atoms with Gasteiger partial charge in [0, 0.05) is 18.2 Å². The van der Waals surface area contributed by atoms with Crippen LogP contribution in [0.25, 0.3) is 0 Å². The Bertz CT molecular complexity index is 607. The lowest BCUT2D eigenvalue weighted by molar-refractivity contribution is 0.421. The first-order valence-electron chi connectivity index (χ1n) is 6.30. The van der Waals surface area contributed by atoms with Crippen LogP contribution in [0.4, 0.5) is 0 Å². The summed E-state index contributed by atoms with van der Waals surface area (Å²) in [6.45, 7) is 4.19. The van der Waals surface area contributed by atoms with E-state index in [4.69, 9.17) is 18.0 Å². The van der Waals surface area contributed by atoms with Gasteiger partial charge in [-0.15, -0.1) is 0 Å². The van der Waals surface area contributed by atoms with Crippen LogP contribution < -0.4 is 5.73 Å². The van der Waals surface area contributed by atoms with Crippen molar-refractivity contribution in [3.63, 3.8) is 0 Å². The molecule has 2 N–H and O–H groups in total. The second-order valence-corrected chi connectivity index (χ2v) is 7.11. The van der Waals surface area contributed by atoms with Crippen molar-refractivity contribution in [3.05, 3.63) is 29.3 Å². The van der Waals surface area contributed by atoms with E-state index < -0.39 is 10.0 Å². The quantitative estimate of drug-likeness (QED) is 0.842. The Labute approximate surface area is 119 Å². The second kappa shape index (κ2) is 5.19. The molecule has 0 radical (unpaired) electrons. The lowest BCUT2D eigenvalue weighted by Crippen LogP contribution is -2.33. The molecular formula is C13H18N2O2S2. The molecule has 1 fully saturated rings. The number of hydrogen-bond acceptors (Lipinski definition) is 3. The highest BCUT2D eigenvalue weighted by Crippen LogP contribution is 2.32. The van der Waals surface area contributed by atoms with Gasteiger partial charge >= 0.3 is 0 Å².